The first kappa shape index (κ1) is 27.7. The highest BCUT2D eigenvalue weighted by Crippen LogP contribution is 2.22. The van der Waals surface area contributed by atoms with Crippen molar-refractivity contribution in [2.24, 2.45) is 17.8 Å². The van der Waals surface area contributed by atoms with Crippen molar-refractivity contribution in [1.29, 1.82) is 0 Å². The van der Waals surface area contributed by atoms with Crippen LogP contribution in [0.5, 0.6) is 0 Å². The molecular formula is C26H52O2. The van der Waals surface area contributed by atoms with Gasteiger partial charge in [-0.25, -0.2) is 0 Å². The lowest BCUT2D eigenvalue weighted by Crippen LogP contribution is -2.16. The van der Waals surface area contributed by atoms with Crippen molar-refractivity contribution in [2.75, 3.05) is 19.8 Å². The zero-order chi connectivity index (χ0) is 21.2. The molecule has 168 valence electrons. The zero-order valence-electron chi connectivity index (χ0n) is 20.4. The van der Waals surface area contributed by atoms with Gasteiger partial charge in [0.05, 0.1) is 19.3 Å². The van der Waals surface area contributed by atoms with Crippen molar-refractivity contribution >= 4 is 0 Å². The average molecular weight is 397 g/mol. The fourth-order valence-corrected chi connectivity index (χ4v) is 3.61. The van der Waals surface area contributed by atoms with E-state index in [9.17, 15) is 0 Å². The largest absolute Gasteiger partial charge is 0.379 e. The molecular weight excluding hydrogens is 344 g/mol. The summed E-state index contributed by atoms with van der Waals surface area (Å²) in [6.45, 7) is 18.3. The van der Waals surface area contributed by atoms with Gasteiger partial charge in [0, 0.05) is 6.61 Å². The van der Waals surface area contributed by atoms with Crippen LogP contribution in [0.4, 0.5) is 0 Å². The fraction of sp³-hybridized carbons (Fsp3) is 0.923. The van der Waals surface area contributed by atoms with Gasteiger partial charge in [0.15, 0.2) is 0 Å². The highest BCUT2D eigenvalue weighted by atomic mass is 16.5. The third-order valence-corrected chi connectivity index (χ3v) is 5.65. The van der Waals surface area contributed by atoms with Crippen molar-refractivity contribution in [3.05, 3.63) is 11.6 Å². The van der Waals surface area contributed by atoms with Crippen LogP contribution in [0, 0.1) is 17.8 Å². The second kappa shape index (κ2) is 18.7. The quantitative estimate of drug-likeness (QED) is 0.162. The van der Waals surface area contributed by atoms with Crippen molar-refractivity contribution in [3.63, 3.8) is 0 Å². The monoisotopic (exact) mass is 396 g/mol. The highest BCUT2D eigenvalue weighted by molar-refractivity contribution is 4.97. The standard InChI is InChI=1S/C26H52O2/c1-8-19-27-21-26(7)28-20-18-25(6)17-11-16-24(5)15-10-14-23(4)13-9-12-22(2)3/h18,22-24,26H,8-17,19-21H2,1-7H3/b25-18+. The van der Waals surface area contributed by atoms with Gasteiger partial charge >= 0.3 is 0 Å². The topological polar surface area (TPSA) is 18.5 Å². The first-order chi connectivity index (χ1) is 13.3. The summed E-state index contributed by atoms with van der Waals surface area (Å²) in [4.78, 5) is 0. The van der Waals surface area contributed by atoms with Gasteiger partial charge in [-0.05, 0) is 50.9 Å². The first-order valence-corrected chi connectivity index (χ1v) is 12.2. The summed E-state index contributed by atoms with van der Waals surface area (Å²) in [5, 5.41) is 0. The fourth-order valence-electron chi connectivity index (χ4n) is 3.61. The minimum Gasteiger partial charge on any atom is -0.379 e. The number of allylic oxidation sites excluding steroid dienone is 1. The summed E-state index contributed by atoms with van der Waals surface area (Å²) in [5.41, 5.74) is 1.47. The Bertz CT molecular complexity index is 361. The summed E-state index contributed by atoms with van der Waals surface area (Å²) >= 11 is 0. The molecule has 3 unspecified atom stereocenters. The lowest BCUT2D eigenvalue weighted by molar-refractivity contribution is 0.00455. The van der Waals surface area contributed by atoms with Crippen molar-refractivity contribution in [1.82, 2.24) is 0 Å². The van der Waals surface area contributed by atoms with E-state index < -0.39 is 0 Å². The van der Waals surface area contributed by atoms with E-state index in [2.05, 4.69) is 54.5 Å². The molecule has 0 spiro atoms. The lowest BCUT2D eigenvalue weighted by Gasteiger charge is -2.15. The molecule has 0 saturated carbocycles. The molecule has 0 aromatic carbocycles. The van der Waals surface area contributed by atoms with Crippen LogP contribution in [0.1, 0.15) is 113 Å². The Balaban J connectivity index is 3.66. The van der Waals surface area contributed by atoms with Crippen LogP contribution in [-0.2, 0) is 9.47 Å². The molecule has 0 aliphatic rings. The van der Waals surface area contributed by atoms with Gasteiger partial charge in [0.25, 0.3) is 0 Å². The molecule has 3 atom stereocenters. The number of hydrogen-bond acceptors (Lipinski definition) is 2. The Hall–Kier alpha value is -0.340. The van der Waals surface area contributed by atoms with Crippen molar-refractivity contribution in [3.8, 4) is 0 Å². The molecule has 2 heteroatoms. The van der Waals surface area contributed by atoms with E-state index in [0.717, 1.165) is 30.8 Å². The van der Waals surface area contributed by atoms with Crippen LogP contribution >= 0.6 is 0 Å². The van der Waals surface area contributed by atoms with Crippen molar-refractivity contribution in [2.45, 2.75) is 119 Å². The second-order valence-corrected chi connectivity index (χ2v) is 9.63. The van der Waals surface area contributed by atoms with Crippen molar-refractivity contribution < 1.29 is 9.47 Å². The minimum atomic E-state index is 0.184. The van der Waals surface area contributed by atoms with Gasteiger partial charge < -0.3 is 9.47 Å². The molecule has 0 rings (SSSR count). The Kier molecular flexibility index (Phi) is 18.4. The number of hydrogen-bond donors (Lipinski definition) is 0. The van der Waals surface area contributed by atoms with E-state index >= 15 is 0 Å². The first-order valence-electron chi connectivity index (χ1n) is 12.2. The zero-order valence-corrected chi connectivity index (χ0v) is 20.4. The maximum absolute atomic E-state index is 5.80. The Morgan fingerprint density at radius 2 is 1.39 bits per heavy atom. The number of rotatable bonds is 19. The number of ether oxygens (including phenoxy) is 2. The SMILES string of the molecule is CCCOCC(C)OC/C=C(\C)CCCC(C)CCCC(C)CCCC(C)C. The van der Waals surface area contributed by atoms with Gasteiger partial charge in [0.1, 0.15) is 0 Å². The molecule has 0 fully saturated rings. The molecule has 2 nitrogen and oxygen atoms in total. The maximum Gasteiger partial charge on any atom is 0.0784 e. The van der Waals surface area contributed by atoms with E-state index in [1.165, 1.54) is 63.4 Å². The van der Waals surface area contributed by atoms with Crippen LogP contribution in [-0.4, -0.2) is 25.9 Å². The summed E-state index contributed by atoms with van der Waals surface area (Å²) in [6, 6.07) is 0. The predicted octanol–water partition coefficient (Wildman–Crippen LogP) is 8.20. The Morgan fingerprint density at radius 3 is 1.96 bits per heavy atom. The van der Waals surface area contributed by atoms with Crippen LogP contribution in [0.2, 0.25) is 0 Å². The molecule has 28 heavy (non-hydrogen) atoms. The molecule has 0 aliphatic carbocycles. The Labute approximate surface area is 177 Å². The lowest BCUT2D eigenvalue weighted by atomic mass is 9.91. The molecule has 0 aromatic heterocycles. The van der Waals surface area contributed by atoms with Crippen LogP contribution in [0.25, 0.3) is 0 Å². The molecule has 0 N–H and O–H groups in total. The maximum atomic E-state index is 5.80. The summed E-state index contributed by atoms with van der Waals surface area (Å²) in [7, 11) is 0. The van der Waals surface area contributed by atoms with Gasteiger partial charge in [-0.15, -0.1) is 0 Å². The van der Waals surface area contributed by atoms with Gasteiger partial charge in [-0.2, -0.15) is 0 Å². The summed E-state index contributed by atoms with van der Waals surface area (Å²) in [5.74, 6) is 2.63. The summed E-state index contributed by atoms with van der Waals surface area (Å²) < 4.78 is 11.3. The minimum absolute atomic E-state index is 0.184. The Morgan fingerprint density at radius 1 is 0.821 bits per heavy atom. The molecule has 0 aliphatic heterocycles. The van der Waals surface area contributed by atoms with Crippen LogP contribution in [0.15, 0.2) is 11.6 Å². The predicted molar refractivity (Wildman–Crippen MR) is 125 cm³/mol. The molecule has 0 heterocycles. The van der Waals surface area contributed by atoms with Crippen LogP contribution in [0.3, 0.4) is 0 Å². The normalized spacial score (nSPS) is 15.8. The molecule has 0 radical (unpaired) electrons. The van der Waals surface area contributed by atoms with E-state index in [-0.39, 0.29) is 6.10 Å². The molecule has 0 bridgehead atoms. The molecule has 0 aromatic rings. The third kappa shape index (κ3) is 19.0. The van der Waals surface area contributed by atoms with Crippen LogP contribution < -0.4 is 0 Å². The average Bonchev–Trinajstić information content (AvgIpc) is 2.61. The summed E-state index contributed by atoms with van der Waals surface area (Å²) in [6.07, 6.45) is 15.8. The third-order valence-electron chi connectivity index (χ3n) is 5.65. The van der Waals surface area contributed by atoms with Gasteiger partial charge in [0.2, 0.25) is 0 Å². The van der Waals surface area contributed by atoms with E-state index in [1.807, 2.05) is 0 Å². The van der Waals surface area contributed by atoms with E-state index in [1.54, 1.807) is 0 Å². The van der Waals surface area contributed by atoms with E-state index in [0.29, 0.717) is 13.2 Å². The van der Waals surface area contributed by atoms with Gasteiger partial charge in [-0.3, -0.25) is 0 Å². The highest BCUT2D eigenvalue weighted by Gasteiger charge is 2.07. The van der Waals surface area contributed by atoms with E-state index in [4.69, 9.17) is 9.47 Å². The molecule has 0 saturated heterocycles. The van der Waals surface area contributed by atoms with Gasteiger partial charge in [-0.1, -0.05) is 91.2 Å². The molecule has 0 amide bonds. The smallest absolute Gasteiger partial charge is 0.0784 e. The second-order valence-electron chi connectivity index (χ2n) is 9.63.